The normalized spacial score (nSPS) is 16.8. The first kappa shape index (κ1) is 27.4. The van der Waals surface area contributed by atoms with Crippen LogP contribution in [0.4, 0.5) is 11.4 Å². The highest BCUT2D eigenvalue weighted by Gasteiger charge is 2.48. The average molecular weight is 571 g/mol. The smallest absolute Gasteiger partial charge is 0.164 e. The molecule has 1 aliphatic heterocycles. The Bertz CT molecular complexity index is 1950. The lowest BCUT2D eigenvalue weighted by Gasteiger charge is -2.34. The van der Waals surface area contributed by atoms with Gasteiger partial charge in [-0.05, 0) is 53.6 Å². The van der Waals surface area contributed by atoms with Crippen molar-refractivity contribution < 1.29 is 4.74 Å². The summed E-state index contributed by atoms with van der Waals surface area (Å²) in [4.78, 5) is 4.42. The van der Waals surface area contributed by atoms with Crippen LogP contribution in [-0.2, 0) is 12.0 Å². The Balaban J connectivity index is 1.43. The molecule has 0 fully saturated rings. The van der Waals surface area contributed by atoms with Gasteiger partial charge in [0.15, 0.2) is 5.60 Å². The van der Waals surface area contributed by atoms with Crippen molar-refractivity contribution in [3.8, 4) is 16.9 Å². The van der Waals surface area contributed by atoms with E-state index in [-0.39, 0.29) is 0 Å². The second-order valence-corrected chi connectivity index (χ2v) is 11.1. The molecule has 5 aromatic rings. The van der Waals surface area contributed by atoms with Crippen molar-refractivity contribution in [1.29, 1.82) is 0 Å². The summed E-state index contributed by atoms with van der Waals surface area (Å²) in [6.07, 6.45) is 10.5. The molecule has 0 bridgehead atoms. The maximum Gasteiger partial charge on any atom is 0.164 e. The van der Waals surface area contributed by atoms with E-state index in [4.69, 9.17) is 4.74 Å². The van der Waals surface area contributed by atoms with Crippen LogP contribution >= 0.6 is 0 Å². The summed E-state index contributed by atoms with van der Waals surface area (Å²) in [5, 5.41) is 3.39. The van der Waals surface area contributed by atoms with Crippen molar-refractivity contribution in [2.45, 2.75) is 18.4 Å². The fourth-order valence-corrected chi connectivity index (χ4v) is 6.69. The lowest BCUT2D eigenvalue weighted by molar-refractivity contribution is 0.150. The van der Waals surface area contributed by atoms with Crippen LogP contribution in [0.25, 0.3) is 22.3 Å². The maximum atomic E-state index is 7.16. The van der Waals surface area contributed by atoms with Gasteiger partial charge in [0, 0.05) is 47.0 Å². The van der Waals surface area contributed by atoms with Crippen molar-refractivity contribution in [3.63, 3.8) is 0 Å². The number of aliphatic imine (C=N–C) groups is 1. The van der Waals surface area contributed by atoms with Gasteiger partial charge in [-0.15, -0.1) is 0 Å². The van der Waals surface area contributed by atoms with E-state index in [1.54, 1.807) is 0 Å². The molecule has 1 N–H and O–H groups in total. The van der Waals surface area contributed by atoms with E-state index in [0.717, 1.165) is 68.9 Å². The van der Waals surface area contributed by atoms with Gasteiger partial charge in [0.05, 0.1) is 5.69 Å². The number of hydrogen-bond acceptors (Lipinski definition) is 3. The van der Waals surface area contributed by atoms with E-state index in [1.807, 2.05) is 19.2 Å². The minimum Gasteiger partial charge on any atom is -0.477 e. The number of nitrogens with one attached hydrogen (secondary N) is 1. The van der Waals surface area contributed by atoms with Gasteiger partial charge in [-0.1, -0.05) is 127 Å². The van der Waals surface area contributed by atoms with Crippen LogP contribution in [0.2, 0.25) is 0 Å². The van der Waals surface area contributed by atoms with Crippen molar-refractivity contribution in [2.24, 2.45) is 4.99 Å². The summed E-state index contributed by atoms with van der Waals surface area (Å²) >= 11 is 0. The topological polar surface area (TPSA) is 33.6 Å². The summed E-state index contributed by atoms with van der Waals surface area (Å²) in [5.74, 6) is 0.892. The van der Waals surface area contributed by atoms with Crippen LogP contribution in [0.15, 0.2) is 151 Å². The molecule has 0 saturated carbocycles. The van der Waals surface area contributed by atoms with Crippen LogP contribution in [-0.4, -0.2) is 13.8 Å². The number of allylic oxidation sites excluding steroid dienone is 3. The van der Waals surface area contributed by atoms with Gasteiger partial charge < -0.3 is 10.1 Å². The standard InChI is InChI=1S/C41H34N2O/c1-42-37-23-10-7-18-32(37)30(27-26-29-15-4-3-5-16-29)34-20-14-25-39-40(34)36-22-12-13-28-41(36,44-39)35-21-9-6-17-31(35)33-19-8-11-24-38(33)43-2/h3-25,27,43H,1,26,28H2,2H3/b30-27+. The zero-order valence-corrected chi connectivity index (χ0v) is 24.8. The Kier molecular flexibility index (Phi) is 7.29. The average Bonchev–Trinajstić information content (AvgIpc) is 3.45. The van der Waals surface area contributed by atoms with Crippen LogP contribution < -0.4 is 10.1 Å². The first-order valence-electron chi connectivity index (χ1n) is 15.1. The molecule has 2 aliphatic rings. The molecule has 1 aliphatic carbocycles. The van der Waals surface area contributed by atoms with Crippen LogP contribution in [0.3, 0.4) is 0 Å². The van der Waals surface area contributed by atoms with Crippen LogP contribution in [0.5, 0.6) is 5.75 Å². The highest BCUT2D eigenvalue weighted by atomic mass is 16.5. The molecule has 3 heteroatoms. The Hall–Kier alpha value is -5.41. The Morgan fingerprint density at radius 3 is 2.39 bits per heavy atom. The molecule has 3 nitrogen and oxygen atoms in total. The molecule has 0 aromatic heterocycles. The summed E-state index contributed by atoms with van der Waals surface area (Å²) in [7, 11) is 1.97. The second-order valence-electron chi connectivity index (χ2n) is 11.1. The third-order valence-corrected chi connectivity index (χ3v) is 8.71. The monoisotopic (exact) mass is 570 g/mol. The molecular formula is C41H34N2O. The fraction of sp³-hybridized carbons (Fsp3) is 0.0976. The number of hydrogen-bond donors (Lipinski definition) is 1. The van der Waals surface area contributed by atoms with E-state index in [0.29, 0.717) is 0 Å². The first-order valence-corrected chi connectivity index (χ1v) is 15.1. The number of rotatable bonds is 8. The zero-order valence-electron chi connectivity index (χ0n) is 24.8. The fourth-order valence-electron chi connectivity index (χ4n) is 6.69. The Morgan fingerprint density at radius 2 is 1.55 bits per heavy atom. The number of para-hydroxylation sites is 2. The largest absolute Gasteiger partial charge is 0.477 e. The maximum absolute atomic E-state index is 7.16. The second kappa shape index (κ2) is 11.7. The van der Waals surface area contributed by atoms with Gasteiger partial charge in [-0.3, -0.25) is 4.99 Å². The number of benzene rings is 5. The van der Waals surface area contributed by atoms with Crippen molar-refractivity contribution >= 4 is 29.2 Å². The van der Waals surface area contributed by atoms with Gasteiger partial charge in [0.2, 0.25) is 0 Å². The molecule has 1 atom stereocenters. The molecule has 0 spiro atoms. The van der Waals surface area contributed by atoms with Crippen molar-refractivity contribution in [1.82, 2.24) is 0 Å². The quantitative estimate of drug-likeness (QED) is 0.188. The number of anilines is 1. The Labute approximate surface area is 259 Å². The van der Waals surface area contributed by atoms with E-state index in [2.05, 4.69) is 151 Å². The summed E-state index contributed by atoms with van der Waals surface area (Å²) in [6.45, 7) is 3.90. The number of nitrogens with zero attached hydrogens (tertiary/aromatic N) is 1. The highest BCUT2D eigenvalue weighted by Crippen LogP contribution is 2.57. The number of fused-ring (bicyclic) bond motifs is 3. The minimum atomic E-state index is -0.661. The van der Waals surface area contributed by atoms with Crippen molar-refractivity contribution in [2.75, 3.05) is 12.4 Å². The molecule has 0 saturated heterocycles. The van der Waals surface area contributed by atoms with Gasteiger partial charge in [0.1, 0.15) is 5.75 Å². The van der Waals surface area contributed by atoms with Crippen molar-refractivity contribution in [3.05, 3.63) is 173 Å². The first-order chi connectivity index (χ1) is 21.7. The summed E-state index contributed by atoms with van der Waals surface area (Å²) in [5.41, 5.74) is 11.6. The lowest BCUT2D eigenvalue weighted by atomic mass is 9.74. The third-order valence-electron chi connectivity index (χ3n) is 8.71. The summed E-state index contributed by atoms with van der Waals surface area (Å²) in [6, 6.07) is 42.4. The molecule has 0 amide bonds. The van der Waals surface area contributed by atoms with Crippen LogP contribution in [0, 0.1) is 0 Å². The van der Waals surface area contributed by atoms with E-state index in [1.165, 1.54) is 11.1 Å². The molecular weight excluding hydrogens is 536 g/mol. The predicted octanol–water partition coefficient (Wildman–Crippen LogP) is 10.0. The molecule has 7 rings (SSSR count). The number of ether oxygens (including phenoxy) is 1. The highest BCUT2D eigenvalue weighted by molar-refractivity contribution is 5.97. The molecule has 214 valence electrons. The molecule has 5 aromatic carbocycles. The predicted molar refractivity (Wildman–Crippen MR) is 185 cm³/mol. The Morgan fingerprint density at radius 1 is 0.818 bits per heavy atom. The molecule has 0 radical (unpaired) electrons. The van der Waals surface area contributed by atoms with E-state index < -0.39 is 5.60 Å². The van der Waals surface area contributed by atoms with Gasteiger partial charge in [0.25, 0.3) is 0 Å². The van der Waals surface area contributed by atoms with Gasteiger partial charge in [-0.25, -0.2) is 0 Å². The lowest BCUT2D eigenvalue weighted by Crippen LogP contribution is -2.31. The third kappa shape index (κ3) is 4.67. The minimum absolute atomic E-state index is 0.661. The zero-order chi connectivity index (χ0) is 29.9. The summed E-state index contributed by atoms with van der Waals surface area (Å²) < 4.78 is 7.16. The molecule has 44 heavy (non-hydrogen) atoms. The van der Waals surface area contributed by atoms with Crippen LogP contribution in [0.1, 0.15) is 34.2 Å². The molecule has 1 unspecified atom stereocenters. The van der Waals surface area contributed by atoms with E-state index >= 15 is 0 Å². The molecule has 1 heterocycles. The van der Waals surface area contributed by atoms with E-state index in [9.17, 15) is 0 Å². The SMILES string of the molecule is C=Nc1ccccc1/C(=C\Cc1ccccc1)c1cccc2c1C1=CC=CCC1(c1ccccc1-c1ccccc1NC)O2. The van der Waals surface area contributed by atoms with Gasteiger partial charge in [-0.2, -0.15) is 0 Å². The van der Waals surface area contributed by atoms with Gasteiger partial charge >= 0.3 is 0 Å².